The van der Waals surface area contributed by atoms with Crippen molar-refractivity contribution < 1.29 is 8.42 Å². The predicted molar refractivity (Wildman–Crippen MR) is 96.6 cm³/mol. The van der Waals surface area contributed by atoms with Crippen LogP contribution in [0.2, 0.25) is 0 Å². The number of aryl methyl sites for hydroxylation is 2. The number of nitrogens with one attached hydrogen (secondary N) is 1. The molecule has 0 unspecified atom stereocenters. The van der Waals surface area contributed by atoms with Gasteiger partial charge >= 0.3 is 0 Å². The Morgan fingerprint density at radius 2 is 1.79 bits per heavy atom. The molecule has 2 aliphatic rings. The molecule has 4 nitrogen and oxygen atoms in total. The van der Waals surface area contributed by atoms with Crippen molar-refractivity contribution in [3.05, 3.63) is 29.5 Å². The van der Waals surface area contributed by atoms with E-state index < -0.39 is 10.0 Å². The molecule has 130 valence electrons. The fraction of sp³-hybridized carbons (Fsp3) is 0.579. The number of rotatable bonds is 2. The maximum atomic E-state index is 13.1. The average molecular weight is 346 g/mol. The third-order valence-corrected chi connectivity index (χ3v) is 7.37. The second kappa shape index (κ2) is 5.88. The maximum Gasteiger partial charge on any atom is 0.243 e. The largest absolute Gasteiger partial charge is 0.358 e. The smallest absolute Gasteiger partial charge is 0.243 e. The van der Waals surface area contributed by atoms with Gasteiger partial charge < -0.3 is 4.98 Å². The minimum Gasteiger partial charge on any atom is -0.358 e. The van der Waals surface area contributed by atoms with Gasteiger partial charge in [0.05, 0.1) is 4.90 Å². The molecule has 0 amide bonds. The van der Waals surface area contributed by atoms with Crippen LogP contribution in [0.1, 0.15) is 44.4 Å². The number of H-pyrrole nitrogens is 1. The van der Waals surface area contributed by atoms with Gasteiger partial charge in [0.2, 0.25) is 10.0 Å². The second-order valence-corrected chi connectivity index (χ2v) is 9.70. The van der Waals surface area contributed by atoms with Crippen LogP contribution in [-0.2, 0) is 22.9 Å². The Hall–Kier alpha value is -1.33. The van der Waals surface area contributed by atoms with E-state index in [4.69, 9.17) is 0 Å². The fourth-order valence-corrected chi connectivity index (χ4v) is 6.20. The van der Waals surface area contributed by atoms with Crippen LogP contribution in [0.4, 0.5) is 0 Å². The second-order valence-electron chi connectivity index (χ2n) is 7.76. The minimum atomic E-state index is -3.40. The standard InChI is InChI=1S/C19H26N2O2S/c1-13-9-14(2)12-21(11-13)24(22,23)15-7-8-19-17(10-15)16-5-3-4-6-18(16)20-19/h7-8,10,13-14,20H,3-6,9,11-12H2,1-2H3/t13-,14-/m0/s1. The molecule has 1 saturated heterocycles. The van der Waals surface area contributed by atoms with Crippen LogP contribution in [0, 0.1) is 11.8 Å². The zero-order chi connectivity index (χ0) is 16.9. The van der Waals surface area contributed by atoms with Crippen molar-refractivity contribution in [2.24, 2.45) is 11.8 Å². The van der Waals surface area contributed by atoms with Gasteiger partial charge in [-0.3, -0.25) is 0 Å². The third kappa shape index (κ3) is 2.68. The summed E-state index contributed by atoms with van der Waals surface area (Å²) in [6.07, 6.45) is 5.65. The van der Waals surface area contributed by atoms with Gasteiger partial charge in [-0.15, -0.1) is 0 Å². The summed E-state index contributed by atoms with van der Waals surface area (Å²) < 4.78 is 27.9. The Kier molecular flexibility index (Phi) is 3.96. The molecule has 2 atom stereocenters. The van der Waals surface area contributed by atoms with E-state index in [0.29, 0.717) is 29.8 Å². The van der Waals surface area contributed by atoms with E-state index in [1.54, 1.807) is 10.4 Å². The molecule has 2 heterocycles. The van der Waals surface area contributed by atoms with Gasteiger partial charge in [-0.05, 0) is 67.7 Å². The number of aromatic amines is 1. The number of hydrogen-bond acceptors (Lipinski definition) is 2. The topological polar surface area (TPSA) is 53.2 Å². The fourth-order valence-electron chi connectivity index (χ4n) is 4.50. The van der Waals surface area contributed by atoms with E-state index in [0.717, 1.165) is 30.2 Å². The molecule has 0 bridgehead atoms. The minimum absolute atomic E-state index is 0.423. The van der Waals surface area contributed by atoms with Gasteiger partial charge in [-0.2, -0.15) is 4.31 Å². The van der Waals surface area contributed by atoms with Gasteiger partial charge in [0.1, 0.15) is 0 Å². The normalized spacial score (nSPS) is 25.8. The molecular formula is C19H26N2O2S. The number of nitrogens with zero attached hydrogens (tertiary/aromatic N) is 1. The summed E-state index contributed by atoms with van der Waals surface area (Å²) in [5.74, 6) is 0.847. The highest BCUT2D eigenvalue weighted by molar-refractivity contribution is 7.89. The van der Waals surface area contributed by atoms with Gasteiger partial charge in [0, 0.05) is 29.7 Å². The molecule has 5 heteroatoms. The first-order valence-electron chi connectivity index (χ1n) is 9.09. The molecular weight excluding hydrogens is 320 g/mol. The Labute approximate surface area is 144 Å². The van der Waals surface area contributed by atoms with E-state index in [9.17, 15) is 8.42 Å². The van der Waals surface area contributed by atoms with Crippen molar-refractivity contribution in [1.82, 2.24) is 9.29 Å². The summed E-state index contributed by atoms with van der Waals surface area (Å²) in [5, 5.41) is 1.10. The molecule has 1 fully saturated rings. The highest BCUT2D eigenvalue weighted by Crippen LogP contribution is 2.32. The van der Waals surface area contributed by atoms with Crippen LogP contribution < -0.4 is 0 Å². The van der Waals surface area contributed by atoms with E-state index in [2.05, 4.69) is 18.8 Å². The summed E-state index contributed by atoms with van der Waals surface area (Å²) in [6.45, 7) is 5.56. The third-order valence-electron chi connectivity index (χ3n) is 5.54. The number of hydrogen-bond donors (Lipinski definition) is 1. The lowest BCUT2D eigenvalue weighted by Gasteiger charge is -2.34. The average Bonchev–Trinajstić information content (AvgIpc) is 2.91. The maximum absolute atomic E-state index is 13.1. The van der Waals surface area contributed by atoms with Crippen LogP contribution >= 0.6 is 0 Å². The molecule has 1 N–H and O–H groups in total. The number of aromatic nitrogens is 1. The number of sulfonamides is 1. The van der Waals surface area contributed by atoms with Crippen LogP contribution in [0.25, 0.3) is 10.9 Å². The molecule has 1 aromatic heterocycles. The van der Waals surface area contributed by atoms with Crippen LogP contribution in [-0.4, -0.2) is 30.8 Å². The molecule has 0 radical (unpaired) electrons. The number of fused-ring (bicyclic) bond motifs is 3. The van der Waals surface area contributed by atoms with Crippen molar-refractivity contribution in [2.75, 3.05) is 13.1 Å². The van der Waals surface area contributed by atoms with E-state index in [-0.39, 0.29) is 0 Å². The molecule has 2 aromatic rings. The monoisotopic (exact) mass is 346 g/mol. The van der Waals surface area contributed by atoms with Gasteiger partial charge in [-0.1, -0.05) is 13.8 Å². The van der Waals surface area contributed by atoms with E-state index in [1.165, 1.54) is 24.1 Å². The lowest BCUT2D eigenvalue weighted by Crippen LogP contribution is -2.42. The molecule has 24 heavy (non-hydrogen) atoms. The molecule has 4 rings (SSSR count). The molecule has 0 spiro atoms. The first-order valence-corrected chi connectivity index (χ1v) is 10.5. The molecule has 0 saturated carbocycles. The lowest BCUT2D eigenvalue weighted by atomic mass is 9.94. The predicted octanol–water partition coefficient (Wildman–Crippen LogP) is 3.71. The Bertz CT molecular complexity index is 859. The van der Waals surface area contributed by atoms with E-state index >= 15 is 0 Å². The van der Waals surface area contributed by atoms with Gasteiger partial charge in [-0.25, -0.2) is 8.42 Å². The molecule has 1 aliphatic carbocycles. The Morgan fingerprint density at radius 3 is 2.54 bits per heavy atom. The quantitative estimate of drug-likeness (QED) is 0.901. The number of benzene rings is 1. The Balaban J connectivity index is 1.75. The SMILES string of the molecule is C[C@H]1C[C@H](C)CN(S(=O)(=O)c2ccc3[nH]c4c(c3c2)CCCC4)C1. The van der Waals surface area contributed by atoms with Crippen molar-refractivity contribution in [2.45, 2.75) is 50.8 Å². The summed E-state index contributed by atoms with van der Waals surface area (Å²) in [5.41, 5.74) is 3.70. The van der Waals surface area contributed by atoms with Crippen molar-refractivity contribution >= 4 is 20.9 Å². The van der Waals surface area contributed by atoms with E-state index in [1.807, 2.05) is 12.1 Å². The van der Waals surface area contributed by atoms with Crippen molar-refractivity contribution in [3.63, 3.8) is 0 Å². The van der Waals surface area contributed by atoms with Gasteiger partial charge in [0.25, 0.3) is 0 Å². The summed E-state index contributed by atoms with van der Waals surface area (Å²) in [7, 11) is -3.40. The van der Waals surface area contributed by atoms with Crippen molar-refractivity contribution in [1.29, 1.82) is 0 Å². The Morgan fingerprint density at radius 1 is 1.08 bits per heavy atom. The van der Waals surface area contributed by atoms with Crippen molar-refractivity contribution in [3.8, 4) is 0 Å². The van der Waals surface area contributed by atoms with Crippen LogP contribution in [0.15, 0.2) is 23.1 Å². The number of piperidine rings is 1. The summed E-state index contributed by atoms with van der Waals surface area (Å²) in [6, 6.07) is 5.61. The molecule has 1 aliphatic heterocycles. The highest BCUT2D eigenvalue weighted by atomic mass is 32.2. The van der Waals surface area contributed by atoms with Gasteiger partial charge in [0.15, 0.2) is 0 Å². The van der Waals surface area contributed by atoms with Crippen LogP contribution in [0.5, 0.6) is 0 Å². The van der Waals surface area contributed by atoms with Crippen LogP contribution in [0.3, 0.4) is 0 Å². The first kappa shape index (κ1) is 16.2. The zero-order valence-corrected chi connectivity index (χ0v) is 15.3. The molecule has 1 aromatic carbocycles. The first-order chi connectivity index (χ1) is 11.4. The lowest BCUT2D eigenvalue weighted by molar-refractivity contribution is 0.222. The summed E-state index contributed by atoms with van der Waals surface area (Å²) in [4.78, 5) is 3.93. The summed E-state index contributed by atoms with van der Waals surface area (Å²) >= 11 is 0. The zero-order valence-electron chi connectivity index (χ0n) is 14.5. The highest BCUT2D eigenvalue weighted by Gasteiger charge is 2.32.